The van der Waals surface area contributed by atoms with Crippen molar-refractivity contribution in [3.8, 4) is 5.75 Å². The molecule has 1 aromatic heterocycles. The molecule has 120 valence electrons. The van der Waals surface area contributed by atoms with Gasteiger partial charge in [0.1, 0.15) is 5.75 Å². The molecule has 6 nitrogen and oxygen atoms in total. The van der Waals surface area contributed by atoms with Crippen molar-refractivity contribution in [1.29, 1.82) is 0 Å². The molecule has 0 radical (unpaired) electrons. The van der Waals surface area contributed by atoms with Crippen molar-refractivity contribution in [2.75, 3.05) is 17.7 Å². The maximum atomic E-state index is 12.1. The summed E-state index contributed by atoms with van der Waals surface area (Å²) in [5, 5.41) is 5.85. The number of para-hydroxylation sites is 1. The lowest BCUT2D eigenvalue weighted by Crippen LogP contribution is -2.13. The molecule has 0 atom stereocenters. The Morgan fingerprint density at radius 2 is 1.58 bits per heavy atom. The van der Waals surface area contributed by atoms with Crippen LogP contribution >= 0.6 is 0 Å². The second kappa shape index (κ2) is 7.23. The Morgan fingerprint density at radius 1 is 0.917 bits per heavy atom. The van der Waals surface area contributed by atoms with Crippen LogP contribution in [0.4, 0.5) is 17.3 Å². The van der Waals surface area contributed by atoms with Crippen molar-refractivity contribution in [3.63, 3.8) is 0 Å². The highest BCUT2D eigenvalue weighted by molar-refractivity contribution is 6.03. The van der Waals surface area contributed by atoms with Crippen LogP contribution in [0.25, 0.3) is 0 Å². The van der Waals surface area contributed by atoms with Gasteiger partial charge in [-0.15, -0.1) is 0 Å². The number of aromatic nitrogens is 2. The first-order valence-corrected chi connectivity index (χ1v) is 7.34. The Labute approximate surface area is 139 Å². The Morgan fingerprint density at radius 3 is 2.21 bits per heavy atom. The summed E-state index contributed by atoms with van der Waals surface area (Å²) in [7, 11) is 1.62. The fraction of sp³-hybridized carbons (Fsp3) is 0.0556. The molecule has 1 heterocycles. The highest BCUT2D eigenvalue weighted by atomic mass is 16.5. The largest absolute Gasteiger partial charge is 0.497 e. The van der Waals surface area contributed by atoms with E-state index in [0.29, 0.717) is 11.5 Å². The Kier molecular flexibility index (Phi) is 4.67. The van der Waals surface area contributed by atoms with Crippen molar-refractivity contribution >= 4 is 23.2 Å². The van der Waals surface area contributed by atoms with E-state index in [2.05, 4.69) is 20.6 Å². The van der Waals surface area contributed by atoms with Crippen LogP contribution in [0.3, 0.4) is 0 Å². The first kappa shape index (κ1) is 15.5. The first-order chi connectivity index (χ1) is 11.7. The number of rotatable bonds is 5. The average molecular weight is 320 g/mol. The smallest absolute Gasteiger partial charge is 0.258 e. The van der Waals surface area contributed by atoms with Crippen LogP contribution in [0.15, 0.2) is 67.0 Å². The molecule has 2 aromatic carbocycles. The van der Waals surface area contributed by atoms with Gasteiger partial charge in [-0.3, -0.25) is 4.79 Å². The van der Waals surface area contributed by atoms with E-state index in [1.54, 1.807) is 7.11 Å². The SMILES string of the molecule is COc1ccc(Nc2ncc(C(=O)Nc3ccccc3)cn2)cc1. The minimum atomic E-state index is -0.253. The minimum absolute atomic E-state index is 0.253. The predicted molar refractivity (Wildman–Crippen MR) is 92.7 cm³/mol. The molecule has 3 rings (SSSR count). The molecule has 0 saturated heterocycles. The number of nitrogens with zero attached hydrogens (tertiary/aromatic N) is 2. The molecule has 0 bridgehead atoms. The van der Waals surface area contributed by atoms with Crippen LogP contribution in [0.5, 0.6) is 5.75 Å². The number of amides is 1. The minimum Gasteiger partial charge on any atom is -0.497 e. The number of anilines is 3. The molecule has 0 saturated carbocycles. The summed E-state index contributed by atoms with van der Waals surface area (Å²) >= 11 is 0. The van der Waals surface area contributed by atoms with E-state index < -0.39 is 0 Å². The van der Waals surface area contributed by atoms with Crippen molar-refractivity contribution in [3.05, 3.63) is 72.6 Å². The Hall–Kier alpha value is -3.41. The number of hydrogen-bond donors (Lipinski definition) is 2. The number of ether oxygens (including phenoxy) is 1. The summed E-state index contributed by atoms with van der Waals surface area (Å²) in [6.07, 6.45) is 2.97. The van der Waals surface area contributed by atoms with E-state index in [9.17, 15) is 4.79 Å². The van der Waals surface area contributed by atoms with E-state index in [0.717, 1.165) is 17.1 Å². The van der Waals surface area contributed by atoms with Gasteiger partial charge in [-0.05, 0) is 36.4 Å². The summed E-state index contributed by atoms with van der Waals surface area (Å²) in [4.78, 5) is 20.5. The summed E-state index contributed by atoms with van der Waals surface area (Å²) in [6.45, 7) is 0. The number of carbonyl (C=O) groups is 1. The summed E-state index contributed by atoms with van der Waals surface area (Å²) in [6, 6.07) is 16.6. The third-order valence-corrected chi connectivity index (χ3v) is 3.29. The molecule has 3 aromatic rings. The zero-order valence-corrected chi connectivity index (χ0v) is 13.1. The van der Waals surface area contributed by atoms with E-state index in [1.165, 1.54) is 12.4 Å². The van der Waals surface area contributed by atoms with Gasteiger partial charge in [0, 0.05) is 23.8 Å². The third-order valence-electron chi connectivity index (χ3n) is 3.29. The maximum absolute atomic E-state index is 12.1. The van der Waals surface area contributed by atoms with Crippen LogP contribution in [-0.2, 0) is 0 Å². The maximum Gasteiger partial charge on any atom is 0.258 e. The van der Waals surface area contributed by atoms with E-state index >= 15 is 0 Å². The normalized spacial score (nSPS) is 10.0. The molecule has 0 aliphatic carbocycles. The van der Waals surface area contributed by atoms with Gasteiger partial charge in [0.05, 0.1) is 12.7 Å². The van der Waals surface area contributed by atoms with Crippen LogP contribution < -0.4 is 15.4 Å². The van der Waals surface area contributed by atoms with Crippen molar-refractivity contribution in [1.82, 2.24) is 9.97 Å². The van der Waals surface area contributed by atoms with Crippen LogP contribution in [-0.4, -0.2) is 23.0 Å². The lowest BCUT2D eigenvalue weighted by Gasteiger charge is -2.07. The van der Waals surface area contributed by atoms with Crippen LogP contribution in [0.2, 0.25) is 0 Å². The van der Waals surface area contributed by atoms with Gasteiger partial charge in [-0.2, -0.15) is 0 Å². The van der Waals surface area contributed by atoms with Gasteiger partial charge in [0.2, 0.25) is 5.95 Å². The Balaban J connectivity index is 1.65. The molecule has 0 unspecified atom stereocenters. The average Bonchev–Trinajstić information content (AvgIpc) is 2.64. The molecule has 6 heteroatoms. The quantitative estimate of drug-likeness (QED) is 0.752. The number of methoxy groups -OCH3 is 1. The molecular formula is C18H16N4O2. The second-order valence-electron chi connectivity index (χ2n) is 4.97. The molecular weight excluding hydrogens is 304 g/mol. The monoisotopic (exact) mass is 320 g/mol. The highest BCUT2D eigenvalue weighted by Gasteiger charge is 2.07. The van der Waals surface area contributed by atoms with Crippen molar-refractivity contribution in [2.24, 2.45) is 0 Å². The van der Waals surface area contributed by atoms with Gasteiger partial charge < -0.3 is 15.4 Å². The summed E-state index contributed by atoms with van der Waals surface area (Å²) in [5.74, 6) is 0.933. The lowest BCUT2D eigenvalue weighted by molar-refractivity contribution is 0.102. The van der Waals surface area contributed by atoms with Crippen molar-refractivity contribution < 1.29 is 9.53 Å². The third kappa shape index (κ3) is 3.86. The standard InChI is InChI=1S/C18H16N4O2/c1-24-16-9-7-15(8-10-16)22-18-19-11-13(12-20-18)17(23)21-14-5-3-2-4-6-14/h2-12H,1H3,(H,21,23)(H,19,20,22). The van der Waals surface area contributed by atoms with Gasteiger partial charge in [0.15, 0.2) is 0 Å². The number of hydrogen-bond acceptors (Lipinski definition) is 5. The van der Waals surface area contributed by atoms with Crippen LogP contribution in [0, 0.1) is 0 Å². The summed E-state index contributed by atoms with van der Waals surface area (Å²) in [5.41, 5.74) is 1.94. The van der Waals surface area contributed by atoms with Gasteiger partial charge in [0.25, 0.3) is 5.91 Å². The number of benzene rings is 2. The molecule has 0 fully saturated rings. The molecule has 0 aliphatic heterocycles. The zero-order chi connectivity index (χ0) is 16.8. The van der Waals surface area contributed by atoms with Crippen molar-refractivity contribution in [2.45, 2.75) is 0 Å². The van der Waals surface area contributed by atoms with Gasteiger partial charge in [-0.25, -0.2) is 9.97 Å². The fourth-order valence-electron chi connectivity index (χ4n) is 2.04. The van der Waals surface area contributed by atoms with E-state index in [-0.39, 0.29) is 5.91 Å². The van der Waals surface area contributed by atoms with E-state index in [4.69, 9.17) is 4.74 Å². The van der Waals surface area contributed by atoms with Gasteiger partial charge in [-0.1, -0.05) is 18.2 Å². The molecule has 1 amide bonds. The van der Waals surface area contributed by atoms with Crippen LogP contribution in [0.1, 0.15) is 10.4 Å². The number of nitrogens with one attached hydrogen (secondary N) is 2. The summed E-state index contributed by atoms with van der Waals surface area (Å²) < 4.78 is 5.11. The van der Waals surface area contributed by atoms with E-state index in [1.807, 2.05) is 54.6 Å². The highest BCUT2D eigenvalue weighted by Crippen LogP contribution is 2.17. The molecule has 0 spiro atoms. The lowest BCUT2D eigenvalue weighted by atomic mass is 10.3. The van der Waals surface area contributed by atoms with Gasteiger partial charge >= 0.3 is 0 Å². The first-order valence-electron chi connectivity index (χ1n) is 7.34. The Bertz CT molecular complexity index is 803. The molecule has 2 N–H and O–H groups in total. The molecule has 24 heavy (non-hydrogen) atoms. The zero-order valence-electron chi connectivity index (χ0n) is 13.1. The second-order valence-corrected chi connectivity index (χ2v) is 4.97. The fourth-order valence-corrected chi connectivity index (χ4v) is 2.04. The number of carbonyl (C=O) groups excluding carboxylic acids is 1. The molecule has 0 aliphatic rings. The topological polar surface area (TPSA) is 76.1 Å². The predicted octanol–water partition coefficient (Wildman–Crippen LogP) is 3.48.